The maximum absolute atomic E-state index is 15.0. The van der Waals surface area contributed by atoms with Gasteiger partial charge in [-0.25, -0.2) is 0 Å². The van der Waals surface area contributed by atoms with Gasteiger partial charge in [-0.15, -0.1) is 5.92 Å². The van der Waals surface area contributed by atoms with Crippen LogP contribution in [-0.2, 0) is 33.7 Å². The number of benzene rings is 2. The van der Waals surface area contributed by atoms with Crippen molar-refractivity contribution in [3.8, 4) is 23.3 Å². The van der Waals surface area contributed by atoms with E-state index in [-0.39, 0.29) is 46.5 Å². The number of aryl methyl sites for hydroxylation is 1. The lowest BCUT2D eigenvalue weighted by Gasteiger charge is -2.45. The smallest absolute Gasteiger partial charge is 0.302 e. The zero-order chi connectivity index (χ0) is 46.2. The van der Waals surface area contributed by atoms with E-state index < -0.39 is 23.0 Å². The number of ether oxygens (including phenoxy) is 2. The van der Waals surface area contributed by atoms with Crippen LogP contribution in [-0.4, -0.2) is 75.0 Å². The Labute approximate surface area is 406 Å². The zero-order valence-corrected chi connectivity index (χ0v) is 41.5. The number of phenols is 1. The molecule has 4 aliphatic heterocycles. The number of esters is 1. The van der Waals surface area contributed by atoms with Gasteiger partial charge < -0.3 is 35.6 Å². The summed E-state index contributed by atoms with van der Waals surface area (Å²) in [6.07, 6.45) is 20.3. The highest BCUT2D eigenvalue weighted by atomic mass is 33.1. The summed E-state index contributed by atoms with van der Waals surface area (Å²) >= 11 is 0. The summed E-state index contributed by atoms with van der Waals surface area (Å²) in [5.74, 6) is 10.8. The average Bonchev–Trinajstić information content (AvgIpc) is 4.12. The molecule has 2 aromatic rings. The van der Waals surface area contributed by atoms with E-state index in [0.29, 0.717) is 74.3 Å². The molecule has 0 aromatic heterocycles. The molecule has 8 aliphatic rings. The number of nitrogens with two attached hydrogens (primary N) is 1. The van der Waals surface area contributed by atoms with E-state index in [1.165, 1.54) is 38.2 Å². The first-order valence-electron chi connectivity index (χ1n) is 26.1. The summed E-state index contributed by atoms with van der Waals surface area (Å²) in [4.78, 5) is 34.5. The van der Waals surface area contributed by atoms with Crippen LogP contribution in [0.25, 0.3) is 0 Å². The fraction of sp³-hybridized carbons (Fsp3) is 0.691. The molecular weight excluding hydrogens is 877 g/mol. The second-order valence-corrected chi connectivity index (χ2v) is 24.8. The Bertz CT molecular complexity index is 2250. The minimum atomic E-state index is -0.591. The molecule has 4 saturated carbocycles. The molecule has 12 heteroatoms. The lowest BCUT2D eigenvalue weighted by atomic mass is 9.60. The summed E-state index contributed by atoms with van der Waals surface area (Å²) in [5, 5.41) is 27.6. The van der Waals surface area contributed by atoms with Gasteiger partial charge in [-0.2, -0.15) is 0 Å². The molecule has 5 N–H and O–H groups in total. The van der Waals surface area contributed by atoms with Crippen LogP contribution in [0, 0.1) is 39.9 Å². The lowest BCUT2D eigenvalue weighted by molar-refractivity contribution is -0.148. The Hall–Kier alpha value is -3.53. The molecule has 4 heterocycles. The number of aliphatic hydroxyl groups excluding tert-OH is 1. The number of amides is 1. The van der Waals surface area contributed by atoms with Gasteiger partial charge in [0.2, 0.25) is 5.91 Å². The van der Waals surface area contributed by atoms with Gasteiger partial charge in [0.15, 0.2) is 17.5 Å². The molecule has 8 bridgehead atoms. The lowest BCUT2D eigenvalue weighted by Crippen LogP contribution is -2.56. The Morgan fingerprint density at radius 3 is 2.70 bits per heavy atom. The van der Waals surface area contributed by atoms with Crippen molar-refractivity contribution in [2.24, 2.45) is 38.8 Å². The first-order chi connectivity index (χ1) is 32.5. The number of carbonyl (C=O) groups is 2. The molecule has 2 aromatic carbocycles. The highest BCUT2D eigenvalue weighted by Gasteiger charge is 2.65. The van der Waals surface area contributed by atoms with Crippen molar-refractivity contribution in [1.29, 1.82) is 0 Å². The predicted octanol–water partition coefficient (Wildman–Crippen LogP) is 10.1. The molecule has 67 heavy (non-hydrogen) atoms. The second-order valence-electron chi connectivity index (χ2n) is 22.1. The van der Waals surface area contributed by atoms with E-state index in [4.69, 9.17) is 20.2 Å². The predicted molar refractivity (Wildman–Crippen MR) is 268 cm³/mol. The average molecular weight is 951 g/mol. The molecule has 10 nitrogen and oxygen atoms in total. The van der Waals surface area contributed by atoms with Crippen molar-refractivity contribution in [3.63, 3.8) is 0 Å². The quantitative estimate of drug-likeness (QED) is 0.130. The van der Waals surface area contributed by atoms with Crippen LogP contribution in [0.15, 0.2) is 41.4 Å². The molecule has 4 aliphatic carbocycles. The number of hydrogen-bond acceptors (Lipinski definition) is 11. The van der Waals surface area contributed by atoms with Gasteiger partial charge >= 0.3 is 5.97 Å². The largest absolute Gasteiger partial charge is 0.504 e. The van der Waals surface area contributed by atoms with Gasteiger partial charge in [-0.3, -0.25) is 14.6 Å². The summed E-state index contributed by atoms with van der Waals surface area (Å²) in [6, 6.07) is 12.8. The summed E-state index contributed by atoms with van der Waals surface area (Å²) in [6.45, 7) is 2.62. The number of fused-ring (bicyclic) bond motifs is 9. The van der Waals surface area contributed by atoms with Crippen molar-refractivity contribution in [1.82, 2.24) is 10.2 Å². The molecule has 1 saturated heterocycles. The molecule has 10 unspecified atom stereocenters. The SMILES string of the molecule is CC(=O)OC1CCc2cc(c(O)c3c2CCC2CCCC2O3)CN2CC3(CC2=O)C(c2ccccc2)CCC32C#CCC3CCC4(CCCC4(NC(N)=NC2)SSCCCCCCC(O)C1)C3. The van der Waals surface area contributed by atoms with E-state index in [1.54, 1.807) is 0 Å². The van der Waals surface area contributed by atoms with Crippen molar-refractivity contribution in [2.75, 3.05) is 18.8 Å². The fourth-order valence-electron chi connectivity index (χ4n) is 14.7. The Balaban J connectivity index is 1.05. The Morgan fingerprint density at radius 1 is 0.970 bits per heavy atom. The van der Waals surface area contributed by atoms with E-state index in [2.05, 4.69) is 53.6 Å². The van der Waals surface area contributed by atoms with Crippen LogP contribution in [0.5, 0.6) is 11.5 Å². The number of aliphatic imine (C=N–C) groups is 1. The zero-order valence-electron chi connectivity index (χ0n) is 39.8. The number of hydrogen-bond donors (Lipinski definition) is 4. The van der Waals surface area contributed by atoms with E-state index in [1.807, 2.05) is 26.5 Å². The molecule has 4 spiro atoms. The fourth-order valence-corrected chi connectivity index (χ4v) is 18.3. The highest BCUT2D eigenvalue weighted by Crippen LogP contribution is 2.67. The van der Waals surface area contributed by atoms with Crippen LogP contribution in [0.3, 0.4) is 0 Å². The van der Waals surface area contributed by atoms with Crippen molar-refractivity contribution >= 4 is 39.4 Å². The molecular formula is C55H74N4O6S2. The Morgan fingerprint density at radius 2 is 1.84 bits per heavy atom. The molecule has 10 atom stereocenters. The number of phenolic OH excluding ortho intramolecular Hbond substituents is 1. The minimum Gasteiger partial charge on any atom is -0.504 e. The molecule has 362 valence electrons. The molecule has 5 fully saturated rings. The number of aromatic hydroxyl groups is 1. The van der Waals surface area contributed by atoms with Crippen LogP contribution >= 0.6 is 21.6 Å². The Kier molecular flexibility index (Phi) is 13.9. The number of nitrogens with zero attached hydrogens (tertiary/aromatic N) is 2. The molecule has 0 radical (unpaired) electrons. The van der Waals surface area contributed by atoms with Crippen molar-refractivity contribution in [2.45, 2.75) is 190 Å². The first kappa shape index (κ1) is 47.2. The first-order valence-corrected chi connectivity index (χ1v) is 28.4. The maximum Gasteiger partial charge on any atom is 0.302 e. The summed E-state index contributed by atoms with van der Waals surface area (Å²) in [7, 11) is 3.99. The normalized spacial score (nSPS) is 37.0. The van der Waals surface area contributed by atoms with Crippen molar-refractivity contribution < 1.29 is 29.3 Å². The van der Waals surface area contributed by atoms with E-state index in [9.17, 15) is 19.8 Å². The molecule has 10 rings (SSSR count). The number of guanidine groups is 1. The minimum absolute atomic E-state index is 0.0542. The maximum atomic E-state index is 15.0. The third-order valence-corrected chi connectivity index (χ3v) is 21.4. The van der Waals surface area contributed by atoms with Crippen LogP contribution in [0.4, 0.5) is 0 Å². The van der Waals surface area contributed by atoms with Gasteiger partial charge in [0.1, 0.15) is 17.1 Å². The number of carbonyl (C=O) groups excluding carboxylic acids is 2. The van der Waals surface area contributed by atoms with Gasteiger partial charge in [0.25, 0.3) is 0 Å². The summed E-state index contributed by atoms with van der Waals surface area (Å²) < 4.78 is 12.8. The number of rotatable bonds is 2. The van der Waals surface area contributed by atoms with Gasteiger partial charge in [0, 0.05) is 67.0 Å². The molecule has 1 amide bonds. The van der Waals surface area contributed by atoms with E-state index >= 15 is 0 Å². The van der Waals surface area contributed by atoms with Gasteiger partial charge in [0.05, 0.1) is 18.1 Å². The third-order valence-electron chi connectivity index (χ3n) is 18.1. The van der Waals surface area contributed by atoms with Crippen molar-refractivity contribution in [3.05, 3.63) is 58.7 Å². The van der Waals surface area contributed by atoms with Gasteiger partial charge in [-0.05, 0) is 144 Å². The van der Waals surface area contributed by atoms with E-state index in [0.717, 1.165) is 107 Å². The number of aliphatic hydroxyl groups is 1. The summed E-state index contributed by atoms with van der Waals surface area (Å²) in [5.41, 5.74) is 10.2. The standard InChI is InChI=1S/C55H74N4O6S2/c1-37(60)64-44-20-18-41-30-42(49(63)50-45(41)21-19-40-15-9-17-47(40)65-50)34-59-36-54(33-48(59)62)46(39-13-5-4-6-14-39)23-28-53(54)24-10-12-38-22-27-52(32-38)25-11-26-55(52,58-51(56)57-35-53)67-66-29-8-3-2-7-16-43(61)31-44/h4-6,13-14,30,38,40,43-44,46-47,61,63H,2-3,7-9,11-12,15-23,25-29,31-36H2,1H3,(H3,56,57,58). The van der Waals surface area contributed by atoms with Crippen LogP contribution in [0.2, 0.25) is 0 Å². The number of nitrogens with one attached hydrogen (secondary N) is 1. The monoisotopic (exact) mass is 951 g/mol. The van der Waals surface area contributed by atoms with Crippen LogP contribution < -0.4 is 15.8 Å². The van der Waals surface area contributed by atoms with Gasteiger partial charge in [-0.1, -0.05) is 77.1 Å². The highest BCUT2D eigenvalue weighted by molar-refractivity contribution is 8.77. The van der Waals surface area contributed by atoms with Crippen LogP contribution in [0.1, 0.15) is 170 Å². The third kappa shape index (κ3) is 9.21. The second kappa shape index (κ2) is 19.7. The topological polar surface area (TPSA) is 147 Å².